The van der Waals surface area contributed by atoms with E-state index in [4.69, 9.17) is 4.74 Å². The highest BCUT2D eigenvalue weighted by molar-refractivity contribution is 5.67. The molecule has 0 radical (unpaired) electrons. The van der Waals surface area contributed by atoms with Gasteiger partial charge < -0.3 is 28.7 Å². The summed E-state index contributed by atoms with van der Waals surface area (Å²) in [4.78, 5) is 3.01. The molecule has 0 aromatic carbocycles. The van der Waals surface area contributed by atoms with Crippen LogP contribution in [0.25, 0.3) is 0 Å². The highest BCUT2D eigenvalue weighted by Gasteiger charge is 2.04. The van der Waals surface area contributed by atoms with Crippen LogP contribution in [0.2, 0.25) is 0 Å². The van der Waals surface area contributed by atoms with Crippen LogP contribution in [0.5, 0.6) is 0 Å². The first kappa shape index (κ1) is 7.20. The molecular weight excluding hydrogens is 205 g/mol. The summed E-state index contributed by atoms with van der Waals surface area (Å²) in [5.41, 5.74) is 0. The number of rotatable bonds is 0. The maximum absolute atomic E-state index is 4.96. The Bertz CT molecular complexity index is 81.8. The molecule has 1 aliphatic rings. The fourth-order valence-electron chi connectivity index (χ4n) is 0.482. The van der Waals surface area contributed by atoms with Gasteiger partial charge in [-0.25, -0.2) is 4.99 Å². The molecule has 0 aromatic rings. The Morgan fingerprint density at radius 2 is 2.43 bits per heavy atom. The molecule has 0 atom stereocenters. The van der Waals surface area contributed by atoms with Crippen molar-refractivity contribution in [3.8, 4) is 0 Å². The zero-order chi connectivity index (χ0) is 4.41. The molecule has 42 valence electrons. The van der Waals surface area contributed by atoms with Crippen LogP contribution < -0.4 is 29.0 Å². The second-order valence-corrected chi connectivity index (χ2v) is 1.33. The molecule has 0 aromatic heterocycles. The normalized spacial score (nSPS) is 17.0. The van der Waals surface area contributed by atoms with Gasteiger partial charge in [0.25, 0.3) is 0 Å². The lowest BCUT2D eigenvalue weighted by Gasteiger charge is -1.79. The van der Waals surface area contributed by atoms with E-state index in [9.17, 15) is 0 Å². The van der Waals surface area contributed by atoms with Crippen LogP contribution in [0, 0.1) is 0 Å². The molecule has 0 saturated carbocycles. The third-order valence-corrected chi connectivity index (χ3v) is 0.795. The maximum Gasteiger partial charge on any atom is 0.331 e. The molecule has 0 amide bonds. The molecule has 1 heterocycles. The molecule has 0 bridgehead atoms. The van der Waals surface area contributed by atoms with E-state index in [0.717, 1.165) is 19.0 Å². The SMILES string of the molecule is CC1=[NH+]CCO1.[I-]. The predicted molar refractivity (Wildman–Crippen MR) is 22.5 cm³/mol. The van der Waals surface area contributed by atoms with Gasteiger partial charge in [0, 0.05) is 0 Å². The fraction of sp³-hybridized carbons (Fsp3) is 0.750. The molecule has 2 nitrogen and oxygen atoms in total. The summed E-state index contributed by atoms with van der Waals surface area (Å²) in [6, 6.07) is 0. The van der Waals surface area contributed by atoms with Crippen LogP contribution in [-0.2, 0) is 4.74 Å². The topological polar surface area (TPSA) is 23.2 Å². The smallest absolute Gasteiger partial charge is 0.331 e. The molecule has 0 spiro atoms. The number of halogens is 1. The second kappa shape index (κ2) is 3.23. The summed E-state index contributed by atoms with van der Waals surface area (Å²) in [5.74, 6) is 0.954. The van der Waals surface area contributed by atoms with E-state index in [1.807, 2.05) is 6.92 Å². The molecular formula is C4H8INO. The van der Waals surface area contributed by atoms with Crippen LogP contribution in [-0.4, -0.2) is 19.0 Å². The van der Waals surface area contributed by atoms with Crippen LogP contribution in [0.3, 0.4) is 0 Å². The lowest BCUT2D eigenvalue weighted by atomic mass is 10.8. The Kier molecular flexibility index (Phi) is 3.33. The van der Waals surface area contributed by atoms with Crippen molar-refractivity contribution in [1.82, 2.24) is 0 Å². The van der Waals surface area contributed by atoms with Crippen molar-refractivity contribution in [3.63, 3.8) is 0 Å². The Morgan fingerprint density at radius 3 is 2.57 bits per heavy atom. The summed E-state index contributed by atoms with van der Waals surface area (Å²) >= 11 is 0. The van der Waals surface area contributed by atoms with Gasteiger partial charge in [-0.1, -0.05) is 0 Å². The number of hydrogen-bond donors (Lipinski definition) is 1. The molecule has 1 rings (SSSR count). The van der Waals surface area contributed by atoms with E-state index in [2.05, 4.69) is 4.99 Å². The Balaban J connectivity index is 0.000000360. The molecule has 3 heteroatoms. The first-order valence-electron chi connectivity index (χ1n) is 2.10. The van der Waals surface area contributed by atoms with Crippen molar-refractivity contribution in [2.24, 2.45) is 0 Å². The summed E-state index contributed by atoms with van der Waals surface area (Å²) in [5, 5.41) is 0. The van der Waals surface area contributed by atoms with Gasteiger partial charge in [-0.05, 0) is 0 Å². The Labute approximate surface area is 60.0 Å². The molecule has 1 aliphatic heterocycles. The van der Waals surface area contributed by atoms with E-state index >= 15 is 0 Å². The van der Waals surface area contributed by atoms with Crippen LogP contribution in [0.15, 0.2) is 0 Å². The second-order valence-electron chi connectivity index (χ2n) is 1.33. The molecule has 7 heavy (non-hydrogen) atoms. The number of nitrogens with one attached hydrogen (secondary N) is 1. The third kappa shape index (κ3) is 2.11. The summed E-state index contributed by atoms with van der Waals surface area (Å²) in [6.45, 7) is 3.74. The largest absolute Gasteiger partial charge is 1.00 e. The van der Waals surface area contributed by atoms with E-state index in [0.29, 0.717) is 0 Å². The zero-order valence-corrected chi connectivity index (χ0v) is 6.36. The quantitative estimate of drug-likeness (QED) is 0.403. The Hall–Kier alpha value is 0.200. The first-order valence-corrected chi connectivity index (χ1v) is 2.10. The average molecular weight is 213 g/mol. The van der Waals surface area contributed by atoms with Gasteiger partial charge in [0.05, 0.1) is 6.92 Å². The Morgan fingerprint density at radius 1 is 1.71 bits per heavy atom. The predicted octanol–water partition coefficient (Wildman–Crippen LogP) is -4.48. The molecule has 0 saturated heterocycles. The van der Waals surface area contributed by atoms with Gasteiger partial charge in [-0.2, -0.15) is 0 Å². The highest BCUT2D eigenvalue weighted by Crippen LogP contribution is 1.71. The molecule has 0 unspecified atom stereocenters. The van der Waals surface area contributed by atoms with Crippen LogP contribution in [0.1, 0.15) is 6.92 Å². The summed E-state index contributed by atoms with van der Waals surface area (Å²) in [7, 11) is 0. The van der Waals surface area contributed by atoms with Crippen molar-refractivity contribution in [1.29, 1.82) is 0 Å². The minimum Gasteiger partial charge on any atom is -1.00 e. The number of hydrogen-bond acceptors (Lipinski definition) is 1. The van der Waals surface area contributed by atoms with Gasteiger partial charge in [-0.3, -0.25) is 0 Å². The van der Waals surface area contributed by atoms with Crippen LogP contribution in [0.4, 0.5) is 0 Å². The van der Waals surface area contributed by atoms with Crippen molar-refractivity contribution < 1.29 is 33.7 Å². The average Bonchev–Trinajstić information content (AvgIpc) is 1.86. The van der Waals surface area contributed by atoms with Gasteiger partial charge in [0.15, 0.2) is 13.2 Å². The molecule has 0 aliphatic carbocycles. The van der Waals surface area contributed by atoms with Crippen LogP contribution >= 0.6 is 0 Å². The molecule has 0 fully saturated rings. The summed E-state index contributed by atoms with van der Waals surface area (Å²) < 4.78 is 4.96. The van der Waals surface area contributed by atoms with E-state index in [1.54, 1.807) is 0 Å². The summed E-state index contributed by atoms with van der Waals surface area (Å²) in [6.07, 6.45) is 0. The minimum atomic E-state index is 0. The van der Waals surface area contributed by atoms with Crippen molar-refractivity contribution in [2.45, 2.75) is 6.92 Å². The van der Waals surface area contributed by atoms with Crippen molar-refractivity contribution in [2.75, 3.05) is 13.2 Å². The van der Waals surface area contributed by atoms with Crippen molar-refractivity contribution in [3.05, 3.63) is 0 Å². The molecule has 1 N–H and O–H groups in total. The number of ether oxygens (including phenoxy) is 1. The van der Waals surface area contributed by atoms with E-state index in [1.165, 1.54) is 0 Å². The standard InChI is InChI=1S/C4H7NO.HI/c1-4-5-2-3-6-4;/h2-3H2,1H3;1H. The van der Waals surface area contributed by atoms with Crippen molar-refractivity contribution >= 4 is 5.90 Å². The van der Waals surface area contributed by atoms with Gasteiger partial charge in [0.2, 0.25) is 0 Å². The van der Waals surface area contributed by atoms with Gasteiger partial charge in [0.1, 0.15) is 0 Å². The maximum atomic E-state index is 4.96. The zero-order valence-electron chi connectivity index (χ0n) is 4.20. The fourth-order valence-corrected chi connectivity index (χ4v) is 0.482. The lowest BCUT2D eigenvalue weighted by Crippen LogP contribution is -3.00. The minimum absolute atomic E-state index is 0. The highest BCUT2D eigenvalue weighted by atomic mass is 127. The van der Waals surface area contributed by atoms with E-state index in [-0.39, 0.29) is 24.0 Å². The monoisotopic (exact) mass is 213 g/mol. The third-order valence-electron chi connectivity index (χ3n) is 0.795. The van der Waals surface area contributed by atoms with Gasteiger partial charge >= 0.3 is 5.90 Å². The lowest BCUT2D eigenvalue weighted by molar-refractivity contribution is -0.445. The van der Waals surface area contributed by atoms with Gasteiger partial charge in [-0.15, -0.1) is 0 Å². The van der Waals surface area contributed by atoms with E-state index < -0.39 is 0 Å². The first-order chi connectivity index (χ1) is 2.89.